The molecule has 2 aliphatic heterocycles. The minimum absolute atomic E-state index is 0.0118. The van der Waals surface area contributed by atoms with Crippen LogP contribution in [0.2, 0.25) is 0 Å². The van der Waals surface area contributed by atoms with E-state index in [-0.39, 0.29) is 17.9 Å². The second kappa shape index (κ2) is 10.4. The van der Waals surface area contributed by atoms with Gasteiger partial charge >= 0.3 is 0 Å². The molecule has 0 aliphatic carbocycles. The number of fused-ring (bicyclic) bond motifs is 1. The lowest BCUT2D eigenvalue weighted by atomic mass is 10.1. The number of aryl methyl sites for hydroxylation is 1. The van der Waals surface area contributed by atoms with Crippen molar-refractivity contribution in [3.05, 3.63) is 47.8 Å². The molecule has 2 saturated heterocycles. The summed E-state index contributed by atoms with van der Waals surface area (Å²) in [5, 5.41) is 11.8. The molecular weight excluding hydrogens is 444 g/mol. The highest BCUT2D eigenvalue weighted by atomic mass is 16.5. The molecule has 9 nitrogen and oxygen atoms in total. The molecule has 9 heteroatoms. The Balaban J connectivity index is 1.41. The van der Waals surface area contributed by atoms with Gasteiger partial charge in [-0.3, -0.25) is 9.59 Å². The Bertz CT molecular complexity index is 1210. The van der Waals surface area contributed by atoms with E-state index in [2.05, 4.69) is 20.7 Å². The summed E-state index contributed by atoms with van der Waals surface area (Å²) in [6, 6.07) is 7.37. The molecule has 2 fully saturated rings. The van der Waals surface area contributed by atoms with Gasteiger partial charge in [0.15, 0.2) is 5.65 Å². The molecule has 2 aliphatic rings. The van der Waals surface area contributed by atoms with Crippen LogP contribution in [-0.2, 0) is 11.3 Å². The Morgan fingerprint density at radius 1 is 1.11 bits per heavy atom. The summed E-state index contributed by atoms with van der Waals surface area (Å²) in [4.78, 5) is 32.8. The molecule has 2 N–H and O–H groups in total. The van der Waals surface area contributed by atoms with Gasteiger partial charge in [-0.15, -0.1) is 0 Å². The Hall–Kier alpha value is -3.46. The van der Waals surface area contributed by atoms with Gasteiger partial charge in [0, 0.05) is 56.3 Å². The fourth-order valence-electron chi connectivity index (χ4n) is 4.84. The maximum atomic E-state index is 13.4. The van der Waals surface area contributed by atoms with Crippen LogP contribution in [0.15, 0.2) is 36.7 Å². The molecule has 2 aromatic heterocycles. The molecule has 0 radical (unpaired) electrons. The van der Waals surface area contributed by atoms with Crippen LogP contribution in [0, 0.1) is 0 Å². The van der Waals surface area contributed by atoms with E-state index in [1.807, 2.05) is 16.5 Å². The first-order chi connectivity index (χ1) is 17.1. The Morgan fingerprint density at radius 3 is 2.69 bits per heavy atom. The van der Waals surface area contributed by atoms with Crippen molar-refractivity contribution < 1.29 is 14.3 Å². The van der Waals surface area contributed by atoms with Crippen molar-refractivity contribution in [3.63, 3.8) is 0 Å². The normalized spacial score (nSPS) is 16.9. The van der Waals surface area contributed by atoms with E-state index in [9.17, 15) is 9.59 Å². The number of piperidine rings is 1. The lowest BCUT2D eigenvalue weighted by Crippen LogP contribution is -2.35. The quantitative estimate of drug-likeness (QED) is 0.559. The number of carbonyl (C=O) groups excluding carboxylic acids is 2. The van der Waals surface area contributed by atoms with Crippen LogP contribution in [0.3, 0.4) is 0 Å². The molecule has 0 atom stereocenters. The second-order valence-electron chi connectivity index (χ2n) is 9.16. The molecule has 184 valence electrons. The van der Waals surface area contributed by atoms with E-state index >= 15 is 0 Å². The van der Waals surface area contributed by atoms with Gasteiger partial charge in [-0.05, 0) is 57.2 Å². The fraction of sp³-hybridized carbons (Fsp3) is 0.462. The van der Waals surface area contributed by atoms with Gasteiger partial charge < -0.3 is 20.3 Å². The van der Waals surface area contributed by atoms with Crippen LogP contribution in [0.25, 0.3) is 11.0 Å². The Morgan fingerprint density at radius 2 is 1.91 bits per heavy atom. The highest BCUT2D eigenvalue weighted by Gasteiger charge is 2.23. The van der Waals surface area contributed by atoms with E-state index in [1.165, 1.54) is 6.42 Å². The van der Waals surface area contributed by atoms with Crippen LogP contribution in [0.5, 0.6) is 0 Å². The molecule has 5 rings (SSSR count). The zero-order valence-corrected chi connectivity index (χ0v) is 20.1. The van der Waals surface area contributed by atoms with Crippen LogP contribution in [-0.4, -0.2) is 63.8 Å². The van der Waals surface area contributed by atoms with Crippen LogP contribution in [0.4, 0.5) is 11.4 Å². The third kappa shape index (κ3) is 5.00. The molecule has 0 saturated carbocycles. The maximum absolute atomic E-state index is 13.4. The van der Waals surface area contributed by atoms with E-state index in [4.69, 9.17) is 4.74 Å². The van der Waals surface area contributed by atoms with E-state index in [1.54, 1.807) is 36.7 Å². The molecule has 1 aromatic carbocycles. The van der Waals surface area contributed by atoms with Crippen molar-refractivity contribution in [2.75, 3.05) is 36.9 Å². The highest BCUT2D eigenvalue weighted by molar-refractivity contribution is 6.12. The number of hydrogen-bond donors (Lipinski definition) is 2. The summed E-state index contributed by atoms with van der Waals surface area (Å²) in [5.41, 5.74) is 3.10. The minimum Gasteiger partial charge on any atom is -0.381 e. The number of anilines is 2. The molecule has 0 spiro atoms. The second-order valence-corrected chi connectivity index (χ2v) is 9.16. The Labute approximate surface area is 204 Å². The van der Waals surface area contributed by atoms with Gasteiger partial charge in [-0.2, -0.15) is 5.10 Å². The van der Waals surface area contributed by atoms with Crippen LogP contribution in [0.1, 0.15) is 59.7 Å². The van der Waals surface area contributed by atoms with Gasteiger partial charge in [0.2, 0.25) is 0 Å². The summed E-state index contributed by atoms with van der Waals surface area (Å²) in [6.07, 6.45) is 8.35. The first-order valence-electron chi connectivity index (χ1n) is 12.5. The largest absolute Gasteiger partial charge is 0.381 e. The molecular formula is C26H32N6O3. The third-order valence-electron chi connectivity index (χ3n) is 6.79. The van der Waals surface area contributed by atoms with Gasteiger partial charge in [-0.25, -0.2) is 9.67 Å². The third-order valence-corrected chi connectivity index (χ3v) is 6.79. The summed E-state index contributed by atoms with van der Waals surface area (Å²) in [5.74, 6) is -0.265. The van der Waals surface area contributed by atoms with E-state index < -0.39 is 0 Å². The molecule has 0 bridgehead atoms. The number of pyridine rings is 1. The van der Waals surface area contributed by atoms with Crippen molar-refractivity contribution >= 4 is 34.2 Å². The van der Waals surface area contributed by atoms with Crippen molar-refractivity contribution in [2.24, 2.45) is 0 Å². The lowest BCUT2D eigenvalue weighted by molar-refractivity contribution is 0.0724. The van der Waals surface area contributed by atoms with Gasteiger partial charge in [0.05, 0.1) is 22.8 Å². The number of likely N-dealkylation sites (tertiary alicyclic amines) is 1. The smallest absolute Gasteiger partial charge is 0.259 e. The molecule has 0 unspecified atom stereocenters. The summed E-state index contributed by atoms with van der Waals surface area (Å²) >= 11 is 0. The standard InChI is InChI=1S/C26H32N6O3/c1-2-32-24-21(17-28-32)23(29-19-9-13-35-14-10-19)22(16-27-24)25(33)30-20-8-6-7-18(15-20)26(34)31-11-4-3-5-12-31/h6-8,15-17,19H,2-5,9-14H2,1H3,(H,27,29)(H,30,33). The molecule has 4 heterocycles. The number of nitrogens with zero attached hydrogens (tertiary/aromatic N) is 4. The number of hydrogen-bond acceptors (Lipinski definition) is 6. The fourth-order valence-corrected chi connectivity index (χ4v) is 4.84. The predicted octanol–water partition coefficient (Wildman–Crippen LogP) is 3.92. The average molecular weight is 477 g/mol. The van der Waals surface area contributed by atoms with Crippen molar-refractivity contribution in [1.82, 2.24) is 19.7 Å². The SMILES string of the molecule is CCn1ncc2c(NC3CCOCC3)c(C(=O)Nc3cccc(C(=O)N4CCCCC4)c3)cnc21. The van der Waals surface area contributed by atoms with Crippen molar-refractivity contribution in [1.29, 1.82) is 0 Å². The first kappa shape index (κ1) is 23.3. The van der Waals surface area contributed by atoms with Crippen molar-refractivity contribution in [3.8, 4) is 0 Å². The highest BCUT2D eigenvalue weighted by Crippen LogP contribution is 2.29. The summed E-state index contributed by atoms with van der Waals surface area (Å²) < 4.78 is 7.32. The van der Waals surface area contributed by atoms with E-state index in [0.29, 0.717) is 36.6 Å². The first-order valence-corrected chi connectivity index (χ1v) is 12.5. The zero-order chi connectivity index (χ0) is 24.2. The van der Waals surface area contributed by atoms with Crippen LogP contribution < -0.4 is 10.6 Å². The number of amides is 2. The summed E-state index contributed by atoms with van der Waals surface area (Å²) in [6.45, 7) is 5.66. The number of carbonyl (C=O) groups is 2. The summed E-state index contributed by atoms with van der Waals surface area (Å²) in [7, 11) is 0. The topological polar surface area (TPSA) is 101 Å². The zero-order valence-electron chi connectivity index (χ0n) is 20.1. The number of ether oxygens (including phenoxy) is 1. The monoisotopic (exact) mass is 476 g/mol. The minimum atomic E-state index is -0.277. The average Bonchev–Trinajstić information content (AvgIpc) is 3.33. The van der Waals surface area contributed by atoms with Crippen molar-refractivity contribution in [2.45, 2.75) is 51.6 Å². The molecule has 3 aromatic rings. The molecule has 2 amide bonds. The predicted molar refractivity (Wildman–Crippen MR) is 135 cm³/mol. The molecule has 35 heavy (non-hydrogen) atoms. The maximum Gasteiger partial charge on any atom is 0.259 e. The lowest BCUT2D eigenvalue weighted by Gasteiger charge is -2.27. The van der Waals surface area contributed by atoms with E-state index in [0.717, 1.165) is 55.5 Å². The van der Waals surface area contributed by atoms with Gasteiger partial charge in [0.25, 0.3) is 11.8 Å². The van der Waals surface area contributed by atoms with Gasteiger partial charge in [0.1, 0.15) is 0 Å². The number of benzene rings is 1. The number of rotatable bonds is 6. The van der Waals surface area contributed by atoms with Gasteiger partial charge in [-0.1, -0.05) is 6.07 Å². The number of nitrogens with one attached hydrogen (secondary N) is 2. The van der Waals surface area contributed by atoms with Crippen LogP contribution >= 0.6 is 0 Å². The number of aromatic nitrogens is 3. The Kier molecular flexibility index (Phi) is 6.94.